The molecule has 3 aromatic rings. The summed E-state index contributed by atoms with van der Waals surface area (Å²) < 4.78 is 1.42. The molecule has 2 aromatic carbocycles. The van der Waals surface area contributed by atoms with E-state index in [1.165, 1.54) is 10.2 Å². The van der Waals surface area contributed by atoms with Gasteiger partial charge in [-0.25, -0.2) is 4.68 Å². The zero-order valence-corrected chi connectivity index (χ0v) is 14.9. The molecule has 1 aromatic heterocycles. The van der Waals surface area contributed by atoms with Gasteiger partial charge in [-0.15, -0.1) is 0 Å². The van der Waals surface area contributed by atoms with Crippen LogP contribution in [0.15, 0.2) is 48.5 Å². The van der Waals surface area contributed by atoms with Crippen LogP contribution >= 0.6 is 23.2 Å². The van der Waals surface area contributed by atoms with Gasteiger partial charge in [0.25, 0.3) is 5.91 Å². The van der Waals surface area contributed by atoms with Crippen molar-refractivity contribution in [2.45, 2.75) is 20.3 Å². The molecular formula is C19H16Cl2N2O. The molecule has 0 radical (unpaired) electrons. The predicted molar refractivity (Wildman–Crippen MR) is 97.1 cm³/mol. The molecule has 0 aliphatic heterocycles. The van der Waals surface area contributed by atoms with Crippen molar-refractivity contribution in [2.24, 2.45) is 0 Å². The maximum atomic E-state index is 12.8. The second-order valence-corrected chi connectivity index (χ2v) is 6.50. The fourth-order valence-electron chi connectivity index (χ4n) is 2.71. The Kier molecular flexibility index (Phi) is 4.74. The molecule has 0 aliphatic carbocycles. The molecule has 24 heavy (non-hydrogen) atoms. The van der Waals surface area contributed by atoms with E-state index < -0.39 is 0 Å². The third-order valence-corrected chi connectivity index (χ3v) is 4.57. The van der Waals surface area contributed by atoms with Crippen molar-refractivity contribution in [3.63, 3.8) is 0 Å². The number of halogens is 2. The highest BCUT2D eigenvalue weighted by atomic mass is 35.5. The Bertz CT molecular complexity index is 901. The number of benzene rings is 2. The van der Waals surface area contributed by atoms with Crippen molar-refractivity contribution in [1.29, 1.82) is 0 Å². The minimum atomic E-state index is -0.253. The summed E-state index contributed by atoms with van der Waals surface area (Å²) in [7, 11) is 0. The first-order valence-electron chi connectivity index (χ1n) is 7.56. The van der Waals surface area contributed by atoms with Crippen LogP contribution in [0.2, 0.25) is 10.0 Å². The largest absolute Gasteiger partial charge is 0.279 e. The zero-order valence-electron chi connectivity index (χ0n) is 13.4. The molecular weight excluding hydrogens is 343 g/mol. The number of hydrogen-bond acceptors (Lipinski definition) is 2. The molecule has 0 unspecified atom stereocenters. The normalized spacial score (nSPS) is 10.8. The highest BCUT2D eigenvalue weighted by Gasteiger charge is 2.20. The molecule has 0 spiro atoms. The van der Waals surface area contributed by atoms with Gasteiger partial charge in [0.15, 0.2) is 0 Å². The lowest BCUT2D eigenvalue weighted by atomic mass is 10.0. The van der Waals surface area contributed by atoms with Gasteiger partial charge in [0, 0.05) is 22.7 Å². The molecule has 0 saturated carbocycles. The average molecular weight is 359 g/mol. The number of carbonyl (C=O) groups excluding carboxylic acids is 1. The summed E-state index contributed by atoms with van der Waals surface area (Å²) in [6.45, 7) is 3.82. The first-order chi connectivity index (χ1) is 11.5. The first-order valence-corrected chi connectivity index (χ1v) is 8.31. The number of carbonyl (C=O) groups is 1. The molecule has 5 heteroatoms. The van der Waals surface area contributed by atoms with Gasteiger partial charge in [0.2, 0.25) is 0 Å². The fraction of sp³-hybridized carbons (Fsp3) is 0.158. The molecule has 0 amide bonds. The molecule has 0 bridgehead atoms. The maximum Gasteiger partial charge on any atom is 0.279 e. The molecule has 3 nitrogen and oxygen atoms in total. The van der Waals surface area contributed by atoms with Crippen LogP contribution in [0.3, 0.4) is 0 Å². The summed E-state index contributed by atoms with van der Waals surface area (Å²) in [6, 6.07) is 15.0. The number of rotatable bonds is 3. The summed E-state index contributed by atoms with van der Waals surface area (Å²) >= 11 is 12.1. The minimum absolute atomic E-state index is 0.253. The van der Waals surface area contributed by atoms with E-state index in [1.54, 1.807) is 18.2 Å². The van der Waals surface area contributed by atoms with Crippen LogP contribution < -0.4 is 0 Å². The van der Waals surface area contributed by atoms with E-state index in [4.69, 9.17) is 23.2 Å². The van der Waals surface area contributed by atoms with E-state index in [2.05, 4.69) is 17.2 Å². The summed E-state index contributed by atoms with van der Waals surface area (Å²) in [4.78, 5) is 12.8. The summed E-state index contributed by atoms with van der Waals surface area (Å²) in [6.07, 6.45) is 0.736. The molecule has 0 atom stereocenters. The molecule has 0 fully saturated rings. The third kappa shape index (κ3) is 3.23. The molecule has 0 aliphatic rings. The summed E-state index contributed by atoms with van der Waals surface area (Å²) in [5.74, 6) is -0.253. The van der Waals surface area contributed by atoms with Crippen molar-refractivity contribution in [1.82, 2.24) is 9.78 Å². The number of aryl methyl sites for hydroxylation is 1. The molecule has 0 saturated heterocycles. The Morgan fingerprint density at radius 1 is 1.08 bits per heavy atom. The van der Waals surface area contributed by atoms with Crippen molar-refractivity contribution in [3.8, 4) is 0 Å². The Hall–Kier alpha value is -2.10. The third-order valence-electron chi connectivity index (χ3n) is 4.02. The highest BCUT2D eigenvalue weighted by molar-refractivity contribution is 6.36. The van der Waals surface area contributed by atoms with Crippen LogP contribution in [0.25, 0.3) is 0 Å². The number of aromatic nitrogens is 2. The van der Waals surface area contributed by atoms with Crippen LogP contribution in [0.5, 0.6) is 0 Å². The van der Waals surface area contributed by atoms with E-state index in [0.717, 1.165) is 23.4 Å². The smallest absolute Gasteiger partial charge is 0.267 e. The van der Waals surface area contributed by atoms with E-state index in [9.17, 15) is 4.79 Å². The number of hydrogen-bond donors (Lipinski definition) is 0. The number of nitrogens with zero attached hydrogens (tertiary/aromatic N) is 2. The Morgan fingerprint density at radius 2 is 1.79 bits per heavy atom. The second kappa shape index (κ2) is 6.80. The maximum absolute atomic E-state index is 12.8. The SMILES string of the molecule is Cc1nn(C(=O)c2ccc(Cl)cc2Cl)c(C)c1Cc1ccccc1. The second-order valence-electron chi connectivity index (χ2n) is 5.65. The lowest BCUT2D eigenvalue weighted by molar-refractivity contribution is 0.0942. The van der Waals surface area contributed by atoms with E-state index in [-0.39, 0.29) is 5.91 Å². The van der Waals surface area contributed by atoms with Crippen LogP contribution in [0.1, 0.15) is 32.9 Å². The van der Waals surface area contributed by atoms with Crippen LogP contribution in [0.4, 0.5) is 0 Å². The van der Waals surface area contributed by atoms with E-state index in [0.29, 0.717) is 15.6 Å². The van der Waals surface area contributed by atoms with Crippen LogP contribution in [-0.2, 0) is 6.42 Å². The lowest BCUT2D eigenvalue weighted by Gasteiger charge is -2.07. The van der Waals surface area contributed by atoms with Gasteiger partial charge in [0.05, 0.1) is 16.3 Å². The summed E-state index contributed by atoms with van der Waals surface area (Å²) in [5.41, 5.74) is 4.29. The van der Waals surface area contributed by atoms with Gasteiger partial charge < -0.3 is 0 Å². The topological polar surface area (TPSA) is 34.9 Å². The van der Waals surface area contributed by atoms with Crippen molar-refractivity contribution in [3.05, 3.63) is 86.7 Å². The van der Waals surface area contributed by atoms with Crippen molar-refractivity contribution in [2.75, 3.05) is 0 Å². The summed E-state index contributed by atoms with van der Waals surface area (Å²) in [5, 5.41) is 5.24. The monoisotopic (exact) mass is 358 g/mol. The molecule has 122 valence electrons. The van der Waals surface area contributed by atoms with Gasteiger partial charge >= 0.3 is 0 Å². The van der Waals surface area contributed by atoms with Gasteiger partial charge in [-0.3, -0.25) is 4.79 Å². The van der Waals surface area contributed by atoms with Gasteiger partial charge in [-0.2, -0.15) is 5.10 Å². The Morgan fingerprint density at radius 3 is 2.46 bits per heavy atom. The average Bonchev–Trinajstić information content (AvgIpc) is 2.83. The fourth-order valence-corrected chi connectivity index (χ4v) is 3.19. The van der Waals surface area contributed by atoms with Crippen molar-refractivity contribution >= 4 is 29.1 Å². The van der Waals surface area contributed by atoms with Crippen LogP contribution in [-0.4, -0.2) is 15.7 Å². The van der Waals surface area contributed by atoms with Gasteiger partial charge in [0.1, 0.15) is 0 Å². The zero-order chi connectivity index (χ0) is 17.3. The predicted octanol–water partition coefficient (Wildman–Crippen LogP) is 5.09. The van der Waals surface area contributed by atoms with Crippen molar-refractivity contribution < 1.29 is 4.79 Å². The quantitative estimate of drug-likeness (QED) is 0.653. The van der Waals surface area contributed by atoms with Crippen LogP contribution in [0, 0.1) is 13.8 Å². The molecule has 1 heterocycles. The molecule has 3 rings (SSSR count). The standard InChI is InChI=1S/C19H16Cl2N2O/c1-12-17(10-14-6-4-3-5-7-14)13(2)23(22-12)19(24)16-9-8-15(20)11-18(16)21/h3-9,11H,10H2,1-2H3. The molecule has 0 N–H and O–H groups in total. The lowest BCUT2D eigenvalue weighted by Crippen LogP contribution is -2.16. The first kappa shape index (κ1) is 16.7. The Labute approximate surface area is 150 Å². The van der Waals surface area contributed by atoms with E-state index >= 15 is 0 Å². The van der Waals surface area contributed by atoms with E-state index in [1.807, 2.05) is 32.0 Å². The highest BCUT2D eigenvalue weighted by Crippen LogP contribution is 2.24. The Balaban J connectivity index is 1.98. The van der Waals surface area contributed by atoms with Gasteiger partial charge in [-0.05, 0) is 37.6 Å². The van der Waals surface area contributed by atoms with Gasteiger partial charge in [-0.1, -0.05) is 53.5 Å². The minimum Gasteiger partial charge on any atom is -0.267 e.